The van der Waals surface area contributed by atoms with Gasteiger partial charge in [-0.3, -0.25) is 4.98 Å². The van der Waals surface area contributed by atoms with E-state index in [0.717, 1.165) is 66.1 Å². The van der Waals surface area contributed by atoms with Crippen LogP contribution in [0.1, 0.15) is 16.7 Å². The second kappa shape index (κ2) is 10.7. The molecule has 8 rings (SSSR count). The number of rotatable bonds is 3. The summed E-state index contributed by atoms with van der Waals surface area (Å²) in [5.74, 6) is 0. The van der Waals surface area contributed by atoms with Crippen molar-refractivity contribution in [2.75, 3.05) is 0 Å². The molecule has 8 aromatic rings. The summed E-state index contributed by atoms with van der Waals surface area (Å²) in [5.41, 5.74) is 8.98. The van der Waals surface area contributed by atoms with Gasteiger partial charge in [0.05, 0.1) is 81.5 Å². The van der Waals surface area contributed by atoms with E-state index < -0.39 is 0 Å². The Labute approximate surface area is 274 Å². The second-order valence-corrected chi connectivity index (χ2v) is 11.2. The molecule has 0 fully saturated rings. The minimum atomic E-state index is 0.467. The first kappa shape index (κ1) is 27.8. The molecule has 0 atom stereocenters. The Bertz CT molecular complexity index is 2760. The van der Waals surface area contributed by atoms with E-state index in [4.69, 9.17) is 13.1 Å². The second-order valence-electron chi connectivity index (χ2n) is 11.2. The highest BCUT2D eigenvalue weighted by molar-refractivity contribution is 6.13. The third-order valence-electron chi connectivity index (χ3n) is 8.71. The van der Waals surface area contributed by atoms with Crippen LogP contribution in [0, 0.1) is 47.1 Å². The number of fused-ring (bicyclic) bond motifs is 6. The molecule has 0 aliphatic heterocycles. The van der Waals surface area contributed by atoms with Crippen molar-refractivity contribution in [2.24, 2.45) is 0 Å². The Kier molecular flexibility index (Phi) is 6.22. The largest absolute Gasteiger partial charge is 0.309 e. The van der Waals surface area contributed by atoms with Gasteiger partial charge in [0.2, 0.25) is 0 Å². The van der Waals surface area contributed by atoms with E-state index in [9.17, 15) is 15.8 Å². The van der Waals surface area contributed by atoms with Gasteiger partial charge in [0.25, 0.3) is 0 Å². The van der Waals surface area contributed by atoms with Gasteiger partial charge in [-0.1, -0.05) is 18.2 Å². The van der Waals surface area contributed by atoms with E-state index in [2.05, 4.69) is 42.0 Å². The van der Waals surface area contributed by atoms with Gasteiger partial charge in [-0.05, 0) is 89.6 Å². The fraction of sp³-hybridized carbons (Fsp3) is 0. The van der Waals surface area contributed by atoms with Crippen LogP contribution < -0.4 is 0 Å². The van der Waals surface area contributed by atoms with Crippen LogP contribution in [-0.2, 0) is 0 Å². The molecule has 0 N–H and O–H groups in total. The van der Waals surface area contributed by atoms with E-state index in [1.165, 1.54) is 0 Å². The molecule has 0 radical (unpaired) electrons. The quantitative estimate of drug-likeness (QED) is 0.186. The summed E-state index contributed by atoms with van der Waals surface area (Å²) in [6, 6.07) is 36.3. The molecular formula is C40H18N8. The number of nitriles is 3. The van der Waals surface area contributed by atoms with Crippen LogP contribution in [0.3, 0.4) is 0 Å². The van der Waals surface area contributed by atoms with Crippen LogP contribution in [0.2, 0.25) is 0 Å². The van der Waals surface area contributed by atoms with E-state index in [0.29, 0.717) is 28.1 Å². The van der Waals surface area contributed by atoms with E-state index in [-0.39, 0.29) is 0 Å². The molecule has 0 saturated carbocycles. The van der Waals surface area contributed by atoms with Crippen molar-refractivity contribution in [1.82, 2.24) is 14.1 Å². The van der Waals surface area contributed by atoms with Crippen molar-refractivity contribution in [2.45, 2.75) is 0 Å². The first-order valence-electron chi connectivity index (χ1n) is 14.8. The first-order valence-corrected chi connectivity index (χ1v) is 14.8. The zero-order chi connectivity index (χ0) is 32.9. The molecule has 0 spiro atoms. The zero-order valence-corrected chi connectivity index (χ0v) is 25.0. The highest BCUT2D eigenvalue weighted by Gasteiger charge is 2.21. The molecule has 48 heavy (non-hydrogen) atoms. The first-order chi connectivity index (χ1) is 23.6. The van der Waals surface area contributed by atoms with Gasteiger partial charge in [0.1, 0.15) is 0 Å². The summed E-state index contributed by atoms with van der Waals surface area (Å²) < 4.78 is 4.19. The topological polar surface area (TPSA) is 103 Å². The predicted molar refractivity (Wildman–Crippen MR) is 185 cm³/mol. The lowest BCUT2D eigenvalue weighted by atomic mass is 10.0. The summed E-state index contributed by atoms with van der Waals surface area (Å²) >= 11 is 0. The molecule has 8 heteroatoms. The predicted octanol–water partition coefficient (Wildman–Crippen LogP) is 9.66. The maximum Gasteiger partial charge on any atom is 0.188 e. The van der Waals surface area contributed by atoms with Crippen molar-refractivity contribution >= 4 is 55.0 Å². The fourth-order valence-electron chi connectivity index (χ4n) is 6.62. The molecule has 0 amide bonds. The molecular weight excluding hydrogens is 592 g/mol. The number of benzene rings is 5. The monoisotopic (exact) mass is 610 g/mol. The van der Waals surface area contributed by atoms with Crippen LogP contribution in [0.4, 0.5) is 11.4 Å². The van der Waals surface area contributed by atoms with Gasteiger partial charge in [0.15, 0.2) is 11.4 Å². The zero-order valence-electron chi connectivity index (χ0n) is 25.0. The number of aromatic nitrogens is 3. The Hall–Kier alpha value is -7.70. The van der Waals surface area contributed by atoms with Gasteiger partial charge >= 0.3 is 0 Å². The minimum absolute atomic E-state index is 0.467. The highest BCUT2D eigenvalue weighted by Crippen LogP contribution is 2.42. The number of hydrogen-bond donors (Lipinski definition) is 0. The Morgan fingerprint density at radius 3 is 1.48 bits per heavy atom. The minimum Gasteiger partial charge on any atom is -0.309 e. The van der Waals surface area contributed by atoms with Crippen LogP contribution >= 0.6 is 0 Å². The van der Waals surface area contributed by atoms with E-state index >= 15 is 0 Å². The number of hydrogen-bond acceptors (Lipinski definition) is 4. The van der Waals surface area contributed by atoms with Crippen LogP contribution in [0.5, 0.6) is 0 Å². The van der Waals surface area contributed by atoms with Gasteiger partial charge in [-0.15, -0.1) is 0 Å². The maximum absolute atomic E-state index is 10.0. The third-order valence-corrected chi connectivity index (χ3v) is 8.71. The van der Waals surface area contributed by atoms with Gasteiger partial charge in [0, 0.05) is 34.3 Å². The van der Waals surface area contributed by atoms with Crippen LogP contribution in [-0.4, -0.2) is 14.1 Å². The van der Waals surface area contributed by atoms with Crippen LogP contribution in [0.25, 0.3) is 75.8 Å². The van der Waals surface area contributed by atoms with Gasteiger partial charge in [-0.25, -0.2) is 9.69 Å². The summed E-state index contributed by atoms with van der Waals surface area (Å²) in [5, 5.41) is 32.7. The van der Waals surface area contributed by atoms with Crippen molar-refractivity contribution in [3.63, 3.8) is 0 Å². The smallest absolute Gasteiger partial charge is 0.188 e. The standard InChI is InChI=1S/C40H18N8/c1-44-27-6-11-37-32(18-27)33-19-28(45-2)7-12-38(33)48(37)40-17-26(22-43)3-8-29(40)34-23-46-14-13-39(34)47-35-9-4-24(20-41)15-30(35)31-16-25(21-42)5-10-36(31)47/h3-19,23H. The molecule has 0 aliphatic carbocycles. The van der Waals surface area contributed by atoms with Gasteiger partial charge in [-0.2, -0.15) is 15.8 Å². The molecule has 218 valence electrons. The number of nitrogens with zero attached hydrogens (tertiary/aromatic N) is 8. The summed E-state index contributed by atoms with van der Waals surface area (Å²) in [6.07, 6.45) is 3.53. The lowest BCUT2D eigenvalue weighted by molar-refractivity contribution is 1.14. The molecule has 0 aliphatic rings. The molecule has 3 aromatic heterocycles. The van der Waals surface area contributed by atoms with Crippen molar-refractivity contribution in [3.05, 3.63) is 149 Å². The Morgan fingerprint density at radius 2 is 0.958 bits per heavy atom. The lowest BCUT2D eigenvalue weighted by Gasteiger charge is -2.18. The van der Waals surface area contributed by atoms with Crippen molar-refractivity contribution in [3.8, 4) is 40.7 Å². The fourth-order valence-corrected chi connectivity index (χ4v) is 6.62. The summed E-state index contributed by atoms with van der Waals surface area (Å²) in [6.45, 7) is 15.2. The normalized spacial score (nSPS) is 10.8. The van der Waals surface area contributed by atoms with E-state index in [1.54, 1.807) is 42.7 Å². The molecule has 5 aromatic carbocycles. The number of pyridine rings is 1. The molecule has 0 unspecified atom stereocenters. The lowest BCUT2D eigenvalue weighted by Crippen LogP contribution is -2.02. The molecule has 0 saturated heterocycles. The van der Waals surface area contributed by atoms with Gasteiger partial charge < -0.3 is 9.13 Å². The van der Waals surface area contributed by atoms with Crippen molar-refractivity contribution in [1.29, 1.82) is 15.8 Å². The summed E-state index contributed by atoms with van der Waals surface area (Å²) in [7, 11) is 0. The molecule has 8 nitrogen and oxygen atoms in total. The highest BCUT2D eigenvalue weighted by atomic mass is 15.0. The molecule has 3 heterocycles. The summed E-state index contributed by atoms with van der Waals surface area (Å²) in [4.78, 5) is 11.8. The Balaban J connectivity index is 1.48. The Morgan fingerprint density at radius 1 is 0.500 bits per heavy atom. The van der Waals surface area contributed by atoms with Crippen LogP contribution in [0.15, 0.2) is 109 Å². The average molecular weight is 611 g/mol. The molecule has 0 bridgehead atoms. The van der Waals surface area contributed by atoms with E-state index in [1.807, 2.05) is 66.7 Å². The van der Waals surface area contributed by atoms with Crippen molar-refractivity contribution < 1.29 is 0 Å². The SMILES string of the molecule is [C-]#[N+]c1ccc2c(c1)c1cc([N+]#[C-])ccc1n2-c1cc(C#N)ccc1-c1cnccc1-n1c2ccc(C#N)cc2c2cc(C#N)ccc21. The maximum atomic E-state index is 10.0. The third kappa shape index (κ3) is 4.08. The average Bonchev–Trinajstić information content (AvgIpc) is 3.65.